The van der Waals surface area contributed by atoms with Crippen molar-refractivity contribution in [3.8, 4) is 11.5 Å². The first-order valence-corrected chi connectivity index (χ1v) is 10.1. The summed E-state index contributed by atoms with van der Waals surface area (Å²) in [6, 6.07) is 12.8. The van der Waals surface area contributed by atoms with E-state index < -0.39 is 0 Å². The molecule has 2 aromatic rings. The van der Waals surface area contributed by atoms with Crippen molar-refractivity contribution in [1.29, 1.82) is 0 Å². The van der Waals surface area contributed by atoms with Gasteiger partial charge in [-0.2, -0.15) is 0 Å². The molecule has 1 heterocycles. The fraction of sp³-hybridized carbons (Fsp3) is 0.238. The molecule has 0 saturated carbocycles. The molecule has 2 aromatic carbocycles. The van der Waals surface area contributed by atoms with Crippen LogP contribution in [0.1, 0.15) is 19.4 Å². The molecule has 0 bridgehead atoms. The van der Waals surface area contributed by atoms with E-state index >= 15 is 0 Å². The van der Waals surface area contributed by atoms with Gasteiger partial charge in [0.25, 0.3) is 5.91 Å². The molecule has 0 unspecified atom stereocenters. The van der Waals surface area contributed by atoms with Gasteiger partial charge in [0.1, 0.15) is 0 Å². The fourth-order valence-corrected chi connectivity index (χ4v) is 3.70. The molecule has 1 aliphatic rings. The van der Waals surface area contributed by atoms with Gasteiger partial charge >= 0.3 is 0 Å². The van der Waals surface area contributed by atoms with Gasteiger partial charge in [-0.25, -0.2) is 4.99 Å². The second kappa shape index (κ2) is 9.17. The predicted octanol–water partition coefficient (Wildman–Crippen LogP) is 5.37. The van der Waals surface area contributed by atoms with Gasteiger partial charge in [-0.15, -0.1) is 0 Å². The Morgan fingerprint density at radius 1 is 1.07 bits per heavy atom. The first kappa shape index (κ1) is 20.3. The Labute approximate surface area is 174 Å². The number of halogens is 1. The summed E-state index contributed by atoms with van der Waals surface area (Å²) in [5, 5.41) is 1.27. The molecule has 5 nitrogen and oxygen atoms in total. The zero-order valence-electron chi connectivity index (χ0n) is 15.9. The Morgan fingerprint density at radius 2 is 1.75 bits per heavy atom. The Morgan fingerprint density at radius 3 is 2.43 bits per heavy atom. The first-order chi connectivity index (χ1) is 13.5. The van der Waals surface area contributed by atoms with Crippen LogP contribution in [-0.4, -0.2) is 36.2 Å². The minimum atomic E-state index is -0.0930. The Bertz CT molecular complexity index is 926. The third-order valence-electron chi connectivity index (χ3n) is 3.92. The maximum absolute atomic E-state index is 12.6. The number of likely N-dealkylation sites (N-methyl/N-ethyl adjacent to an activating group) is 1. The summed E-state index contributed by atoms with van der Waals surface area (Å²) >= 11 is 7.25. The van der Waals surface area contributed by atoms with Gasteiger partial charge in [0, 0.05) is 12.1 Å². The van der Waals surface area contributed by atoms with Crippen LogP contribution in [0.4, 0.5) is 5.69 Å². The van der Waals surface area contributed by atoms with Gasteiger partial charge in [-0.1, -0.05) is 17.7 Å². The molecule has 0 spiro atoms. The van der Waals surface area contributed by atoms with Crippen LogP contribution in [0.25, 0.3) is 6.08 Å². The van der Waals surface area contributed by atoms with Crippen LogP contribution in [0.5, 0.6) is 11.5 Å². The number of thioether (sulfide) groups is 1. The molecule has 0 aromatic heterocycles. The number of carbonyl (C=O) groups is 1. The molecule has 7 heteroatoms. The van der Waals surface area contributed by atoms with Crippen LogP contribution in [-0.2, 0) is 4.79 Å². The Kier molecular flexibility index (Phi) is 6.65. The monoisotopic (exact) mass is 416 g/mol. The van der Waals surface area contributed by atoms with Crippen molar-refractivity contribution in [3.05, 3.63) is 58.0 Å². The zero-order chi connectivity index (χ0) is 20.1. The number of hydrogen-bond acceptors (Lipinski definition) is 5. The number of carbonyl (C=O) groups excluding carboxylic acids is 1. The first-order valence-electron chi connectivity index (χ1n) is 8.93. The third kappa shape index (κ3) is 4.69. The molecule has 0 N–H and O–H groups in total. The molecule has 0 aliphatic carbocycles. The van der Waals surface area contributed by atoms with Gasteiger partial charge in [0.05, 0.1) is 23.8 Å². The van der Waals surface area contributed by atoms with Crippen molar-refractivity contribution in [3.63, 3.8) is 0 Å². The Balaban J connectivity index is 1.87. The van der Waals surface area contributed by atoms with E-state index in [-0.39, 0.29) is 5.91 Å². The van der Waals surface area contributed by atoms with Gasteiger partial charge in [0.2, 0.25) is 0 Å². The largest absolute Gasteiger partial charge is 0.490 e. The van der Waals surface area contributed by atoms with Crippen LogP contribution >= 0.6 is 23.4 Å². The van der Waals surface area contributed by atoms with E-state index in [2.05, 4.69) is 4.99 Å². The number of benzene rings is 2. The van der Waals surface area contributed by atoms with E-state index in [0.717, 1.165) is 11.3 Å². The normalized spacial score (nSPS) is 16.9. The predicted molar refractivity (Wildman–Crippen MR) is 116 cm³/mol. The summed E-state index contributed by atoms with van der Waals surface area (Å²) in [6.07, 6.45) is 1.84. The summed E-state index contributed by atoms with van der Waals surface area (Å²) in [6.45, 7) is 4.95. The molecular formula is C21H21ClN2O3S. The molecule has 1 saturated heterocycles. The quantitative estimate of drug-likeness (QED) is 0.594. The molecule has 28 heavy (non-hydrogen) atoms. The van der Waals surface area contributed by atoms with Crippen molar-refractivity contribution in [2.75, 3.05) is 20.3 Å². The number of amides is 1. The van der Waals surface area contributed by atoms with E-state index in [1.54, 1.807) is 24.1 Å². The maximum atomic E-state index is 12.6. The highest BCUT2D eigenvalue weighted by Crippen LogP contribution is 2.35. The number of hydrogen-bond donors (Lipinski definition) is 0. The highest BCUT2D eigenvalue weighted by molar-refractivity contribution is 8.18. The average molecular weight is 417 g/mol. The lowest BCUT2D eigenvalue weighted by molar-refractivity contribution is -0.121. The van der Waals surface area contributed by atoms with E-state index in [9.17, 15) is 4.79 Å². The lowest BCUT2D eigenvalue weighted by Gasteiger charge is -2.11. The highest BCUT2D eigenvalue weighted by Gasteiger charge is 2.30. The number of ether oxygens (including phenoxy) is 2. The van der Waals surface area contributed by atoms with Crippen LogP contribution in [0, 0.1) is 0 Å². The SMILES string of the molecule is CCOc1ccc(/C=C2/SC(=Nc3ccc(Cl)cc3)N(C)C2=O)cc1OCC. The number of rotatable bonds is 6. The lowest BCUT2D eigenvalue weighted by Crippen LogP contribution is -2.23. The average Bonchev–Trinajstić information content (AvgIpc) is 2.94. The molecule has 0 radical (unpaired) electrons. The van der Waals surface area contributed by atoms with Crippen molar-refractivity contribution < 1.29 is 14.3 Å². The second-order valence-corrected chi connectivity index (χ2v) is 7.36. The number of aliphatic imine (C=N–C) groups is 1. The van der Waals surface area contributed by atoms with E-state index in [1.807, 2.05) is 50.3 Å². The summed E-state index contributed by atoms with van der Waals surface area (Å²) < 4.78 is 11.3. The van der Waals surface area contributed by atoms with Crippen molar-refractivity contribution in [1.82, 2.24) is 4.90 Å². The summed E-state index contributed by atoms with van der Waals surface area (Å²) in [5.41, 5.74) is 1.61. The molecule has 1 amide bonds. The summed E-state index contributed by atoms with van der Waals surface area (Å²) in [5.74, 6) is 1.26. The van der Waals surface area contributed by atoms with Crippen LogP contribution < -0.4 is 9.47 Å². The Hall–Kier alpha value is -2.44. The van der Waals surface area contributed by atoms with Gasteiger partial charge in [-0.3, -0.25) is 9.69 Å². The molecule has 1 aliphatic heterocycles. The molecule has 146 valence electrons. The van der Waals surface area contributed by atoms with Crippen molar-refractivity contribution in [2.24, 2.45) is 4.99 Å². The number of nitrogens with zero attached hydrogens (tertiary/aromatic N) is 2. The highest BCUT2D eigenvalue weighted by atomic mass is 35.5. The topological polar surface area (TPSA) is 51.1 Å². The maximum Gasteiger partial charge on any atom is 0.266 e. The van der Waals surface area contributed by atoms with Crippen LogP contribution in [0.2, 0.25) is 5.02 Å². The number of amidine groups is 1. The summed E-state index contributed by atoms with van der Waals surface area (Å²) in [4.78, 5) is 19.3. The van der Waals surface area contributed by atoms with E-state index in [0.29, 0.717) is 39.8 Å². The van der Waals surface area contributed by atoms with Crippen LogP contribution in [0.15, 0.2) is 52.4 Å². The molecular weight excluding hydrogens is 396 g/mol. The standard InChI is InChI=1S/C21H21ClN2O3S/c1-4-26-17-11-6-14(12-18(17)27-5-2)13-19-20(25)24(3)21(28-19)23-16-9-7-15(22)8-10-16/h6-13H,4-5H2,1-3H3/b19-13+,23-21?. The van der Waals surface area contributed by atoms with Crippen molar-refractivity contribution >= 4 is 46.2 Å². The van der Waals surface area contributed by atoms with Gasteiger partial charge in [0.15, 0.2) is 16.7 Å². The smallest absolute Gasteiger partial charge is 0.266 e. The minimum Gasteiger partial charge on any atom is -0.490 e. The van der Waals surface area contributed by atoms with Gasteiger partial charge < -0.3 is 9.47 Å². The molecule has 0 atom stereocenters. The molecule has 3 rings (SSSR count). The van der Waals surface area contributed by atoms with Crippen LogP contribution in [0.3, 0.4) is 0 Å². The summed E-state index contributed by atoms with van der Waals surface area (Å²) in [7, 11) is 1.72. The van der Waals surface area contributed by atoms with E-state index in [1.165, 1.54) is 11.8 Å². The lowest BCUT2D eigenvalue weighted by atomic mass is 10.2. The molecule has 1 fully saturated rings. The minimum absolute atomic E-state index is 0.0930. The van der Waals surface area contributed by atoms with E-state index in [4.69, 9.17) is 21.1 Å². The van der Waals surface area contributed by atoms with Gasteiger partial charge in [-0.05, 0) is 73.6 Å². The zero-order valence-corrected chi connectivity index (χ0v) is 17.5. The van der Waals surface area contributed by atoms with Crippen molar-refractivity contribution in [2.45, 2.75) is 13.8 Å². The third-order valence-corrected chi connectivity index (χ3v) is 5.23. The second-order valence-electron chi connectivity index (χ2n) is 5.92. The fourth-order valence-electron chi connectivity index (χ4n) is 2.59.